The molecule has 2 aromatic heterocycles. The standard InChI is InChI=1S/C10H9ClN2O2S2/c1-13(5-6-2-3-8(11)16-6)10-12-4-7(17-10)9(14)15/h2-4H,5H2,1H3,(H,14,15). The Balaban J connectivity index is 2.08. The van der Waals surface area contributed by atoms with Crippen molar-refractivity contribution in [1.82, 2.24) is 4.98 Å². The number of halogens is 1. The van der Waals surface area contributed by atoms with Gasteiger partial charge in [-0.05, 0) is 12.1 Å². The predicted octanol–water partition coefficient (Wildman–Crippen LogP) is 3.19. The molecular weight excluding hydrogens is 280 g/mol. The van der Waals surface area contributed by atoms with Crippen molar-refractivity contribution in [3.05, 3.63) is 32.4 Å². The summed E-state index contributed by atoms with van der Waals surface area (Å²) in [5.74, 6) is -0.943. The highest BCUT2D eigenvalue weighted by Crippen LogP contribution is 2.26. The average Bonchev–Trinajstić information content (AvgIpc) is 2.86. The third-order valence-corrected chi connectivity index (χ3v) is 4.37. The third-order valence-electron chi connectivity index (χ3n) is 2.05. The van der Waals surface area contributed by atoms with Crippen molar-refractivity contribution >= 4 is 45.4 Å². The van der Waals surface area contributed by atoms with Crippen LogP contribution in [0.5, 0.6) is 0 Å². The van der Waals surface area contributed by atoms with Gasteiger partial charge in [-0.15, -0.1) is 11.3 Å². The third kappa shape index (κ3) is 2.96. The summed E-state index contributed by atoms with van der Waals surface area (Å²) in [6.07, 6.45) is 1.38. The van der Waals surface area contributed by atoms with Crippen LogP contribution in [0.1, 0.15) is 14.5 Å². The first kappa shape index (κ1) is 12.3. The fourth-order valence-electron chi connectivity index (χ4n) is 1.28. The van der Waals surface area contributed by atoms with Crippen LogP contribution >= 0.6 is 34.3 Å². The monoisotopic (exact) mass is 288 g/mol. The van der Waals surface area contributed by atoms with Gasteiger partial charge in [0.1, 0.15) is 4.88 Å². The maximum atomic E-state index is 10.7. The van der Waals surface area contributed by atoms with E-state index in [9.17, 15) is 4.79 Å². The van der Waals surface area contributed by atoms with Crippen molar-refractivity contribution in [2.75, 3.05) is 11.9 Å². The zero-order chi connectivity index (χ0) is 12.4. The summed E-state index contributed by atoms with van der Waals surface area (Å²) in [5, 5.41) is 9.50. The number of thiazole rings is 1. The summed E-state index contributed by atoms with van der Waals surface area (Å²) in [6, 6.07) is 3.80. The van der Waals surface area contributed by atoms with Crippen LogP contribution in [0, 0.1) is 0 Å². The van der Waals surface area contributed by atoms with Gasteiger partial charge < -0.3 is 10.0 Å². The smallest absolute Gasteiger partial charge is 0.347 e. The van der Waals surface area contributed by atoms with E-state index in [1.807, 2.05) is 24.1 Å². The second-order valence-corrected chi connectivity index (χ2v) is 6.18. The predicted molar refractivity (Wildman–Crippen MR) is 70.5 cm³/mol. The van der Waals surface area contributed by atoms with Gasteiger partial charge in [-0.2, -0.15) is 0 Å². The first-order valence-electron chi connectivity index (χ1n) is 4.70. The molecule has 0 bridgehead atoms. The topological polar surface area (TPSA) is 53.4 Å². The number of anilines is 1. The average molecular weight is 289 g/mol. The van der Waals surface area contributed by atoms with Gasteiger partial charge in [0.25, 0.3) is 0 Å². The van der Waals surface area contributed by atoms with Crippen molar-refractivity contribution in [3.8, 4) is 0 Å². The molecule has 0 atom stereocenters. The first-order chi connectivity index (χ1) is 8.06. The minimum absolute atomic E-state index is 0.246. The zero-order valence-electron chi connectivity index (χ0n) is 8.88. The molecule has 0 amide bonds. The summed E-state index contributed by atoms with van der Waals surface area (Å²) in [4.78, 5) is 18.1. The Morgan fingerprint density at radius 1 is 1.53 bits per heavy atom. The fraction of sp³-hybridized carbons (Fsp3) is 0.200. The minimum atomic E-state index is -0.943. The molecule has 0 unspecified atom stereocenters. The van der Waals surface area contributed by atoms with Crippen LogP contribution in [0.25, 0.3) is 0 Å². The molecular formula is C10H9ClN2O2S2. The lowest BCUT2D eigenvalue weighted by Gasteiger charge is -2.13. The summed E-state index contributed by atoms with van der Waals surface area (Å²) in [5.41, 5.74) is 0. The van der Waals surface area contributed by atoms with Crippen molar-refractivity contribution in [2.24, 2.45) is 0 Å². The molecule has 7 heteroatoms. The van der Waals surface area contributed by atoms with E-state index >= 15 is 0 Å². The Bertz CT molecular complexity index is 538. The van der Waals surface area contributed by atoms with Crippen LogP contribution < -0.4 is 4.90 Å². The van der Waals surface area contributed by atoms with Gasteiger partial charge in [0.05, 0.1) is 17.1 Å². The molecule has 0 saturated carbocycles. The number of hydrogen-bond donors (Lipinski definition) is 1. The highest BCUT2D eigenvalue weighted by atomic mass is 35.5. The van der Waals surface area contributed by atoms with E-state index in [1.54, 1.807) is 0 Å². The Morgan fingerprint density at radius 2 is 2.29 bits per heavy atom. The number of carbonyl (C=O) groups is 1. The van der Waals surface area contributed by atoms with Crippen molar-refractivity contribution < 1.29 is 9.90 Å². The van der Waals surface area contributed by atoms with Gasteiger partial charge in [-0.25, -0.2) is 9.78 Å². The van der Waals surface area contributed by atoms with Crippen molar-refractivity contribution in [2.45, 2.75) is 6.54 Å². The Labute approximate surface area is 111 Å². The number of thiophene rings is 1. The summed E-state index contributed by atoms with van der Waals surface area (Å²) < 4.78 is 0.749. The molecule has 0 aromatic carbocycles. The maximum Gasteiger partial charge on any atom is 0.347 e. The van der Waals surface area contributed by atoms with Crippen LogP contribution in [0.15, 0.2) is 18.3 Å². The normalized spacial score (nSPS) is 10.5. The molecule has 0 aliphatic rings. The van der Waals surface area contributed by atoms with E-state index in [-0.39, 0.29) is 4.88 Å². The Kier molecular flexibility index (Phi) is 3.66. The molecule has 0 fully saturated rings. The highest BCUT2D eigenvalue weighted by Gasteiger charge is 2.12. The van der Waals surface area contributed by atoms with Gasteiger partial charge in [0.2, 0.25) is 0 Å². The minimum Gasteiger partial charge on any atom is -0.477 e. The van der Waals surface area contributed by atoms with Crippen LogP contribution in [0.3, 0.4) is 0 Å². The van der Waals surface area contributed by atoms with Gasteiger partial charge in [-0.1, -0.05) is 22.9 Å². The molecule has 4 nitrogen and oxygen atoms in total. The molecule has 2 rings (SSSR count). The number of carboxylic acids is 1. The van der Waals surface area contributed by atoms with E-state index < -0.39 is 5.97 Å². The summed E-state index contributed by atoms with van der Waals surface area (Å²) >= 11 is 8.51. The second kappa shape index (κ2) is 5.03. The van der Waals surface area contributed by atoms with E-state index in [2.05, 4.69) is 4.98 Å². The van der Waals surface area contributed by atoms with E-state index in [4.69, 9.17) is 16.7 Å². The number of carboxylic acid groups (broad SMARTS) is 1. The first-order valence-corrected chi connectivity index (χ1v) is 6.72. The lowest BCUT2D eigenvalue weighted by molar-refractivity contribution is 0.0702. The quantitative estimate of drug-likeness (QED) is 0.939. The molecule has 2 aromatic rings. The highest BCUT2D eigenvalue weighted by molar-refractivity contribution is 7.17. The number of aromatic carboxylic acids is 1. The molecule has 0 radical (unpaired) electrons. The fourth-order valence-corrected chi connectivity index (χ4v) is 3.13. The van der Waals surface area contributed by atoms with Gasteiger partial charge in [0, 0.05) is 11.9 Å². The molecule has 17 heavy (non-hydrogen) atoms. The molecule has 1 N–H and O–H groups in total. The molecule has 0 saturated heterocycles. The van der Waals surface area contributed by atoms with Gasteiger partial charge in [0.15, 0.2) is 5.13 Å². The number of nitrogens with zero attached hydrogens (tertiary/aromatic N) is 2. The van der Waals surface area contributed by atoms with Crippen LogP contribution in [-0.2, 0) is 6.54 Å². The van der Waals surface area contributed by atoms with Crippen molar-refractivity contribution in [3.63, 3.8) is 0 Å². The summed E-state index contributed by atoms with van der Waals surface area (Å²) in [7, 11) is 1.87. The van der Waals surface area contributed by atoms with Gasteiger partial charge in [-0.3, -0.25) is 0 Å². The number of rotatable bonds is 4. The van der Waals surface area contributed by atoms with E-state index in [1.165, 1.54) is 17.5 Å². The molecule has 0 aliphatic carbocycles. The lowest BCUT2D eigenvalue weighted by atomic mass is 10.4. The SMILES string of the molecule is CN(Cc1ccc(Cl)s1)c1ncc(C(=O)O)s1. The maximum absolute atomic E-state index is 10.7. The van der Waals surface area contributed by atoms with Crippen LogP contribution in [0.2, 0.25) is 4.34 Å². The zero-order valence-corrected chi connectivity index (χ0v) is 11.3. The van der Waals surface area contributed by atoms with Crippen LogP contribution in [0.4, 0.5) is 5.13 Å². The molecule has 2 heterocycles. The lowest BCUT2D eigenvalue weighted by Crippen LogP contribution is -2.14. The molecule has 90 valence electrons. The van der Waals surface area contributed by atoms with Crippen LogP contribution in [-0.4, -0.2) is 23.1 Å². The largest absolute Gasteiger partial charge is 0.477 e. The summed E-state index contributed by atoms with van der Waals surface area (Å²) in [6.45, 7) is 0.671. The van der Waals surface area contributed by atoms with E-state index in [0.29, 0.717) is 11.7 Å². The Hall–Kier alpha value is -1.11. The van der Waals surface area contributed by atoms with Gasteiger partial charge >= 0.3 is 5.97 Å². The molecule has 0 aliphatic heterocycles. The Morgan fingerprint density at radius 3 is 2.82 bits per heavy atom. The number of hydrogen-bond acceptors (Lipinski definition) is 5. The molecule has 0 spiro atoms. The second-order valence-electron chi connectivity index (χ2n) is 3.37. The van der Waals surface area contributed by atoms with E-state index in [0.717, 1.165) is 20.6 Å². The van der Waals surface area contributed by atoms with Crippen molar-refractivity contribution in [1.29, 1.82) is 0 Å². The number of aromatic nitrogens is 1.